The summed E-state index contributed by atoms with van der Waals surface area (Å²) in [5, 5.41) is 2.11. The second kappa shape index (κ2) is 9.73. The minimum Gasteiger partial charge on any atom is -0.494 e. The lowest BCUT2D eigenvalue weighted by atomic mass is 10.0. The van der Waals surface area contributed by atoms with Crippen LogP contribution in [0.25, 0.3) is 10.8 Å². The van der Waals surface area contributed by atoms with Gasteiger partial charge in [0, 0.05) is 5.56 Å². The maximum atomic E-state index is 12.3. The van der Waals surface area contributed by atoms with Gasteiger partial charge in [0.1, 0.15) is 5.75 Å². The van der Waals surface area contributed by atoms with E-state index in [1.807, 2.05) is 42.5 Å². The van der Waals surface area contributed by atoms with Crippen molar-refractivity contribution >= 4 is 22.6 Å². The first-order chi connectivity index (χ1) is 14.0. The van der Waals surface area contributed by atoms with Gasteiger partial charge in [0.05, 0.1) is 13.0 Å². The Kier molecular flexibility index (Phi) is 6.85. The first-order valence-corrected chi connectivity index (χ1v) is 9.81. The number of fused-ring (bicyclic) bond motifs is 1. The summed E-state index contributed by atoms with van der Waals surface area (Å²) in [4.78, 5) is 24.5. The van der Waals surface area contributed by atoms with Crippen molar-refractivity contribution in [1.29, 1.82) is 0 Å². The Balaban J connectivity index is 1.51. The van der Waals surface area contributed by atoms with Crippen molar-refractivity contribution in [2.75, 3.05) is 6.61 Å². The number of rotatable bonds is 7. The van der Waals surface area contributed by atoms with Crippen molar-refractivity contribution in [3.63, 3.8) is 0 Å². The molecule has 0 aliphatic heterocycles. The topological polar surface area (TPSA) is 67.4 Å². The zero-order valence-corrected chi connectivity index (χ0v) is 16.8. The van der Waals surface area contributed by atoms with E-state index in [2.05, 4.69) is 24.7 Å². The number of carbonyl (C=O) groups is 2. The Bertz CT molecular complexity index is 976. The lowest BCUT2D eigenvalue weighted by Crippen LogP contribution is -2.42. The maximum absolute atomic E-state index is 12.3. The van der Waals surface area contributed by atoms with Gasteiger partial charge in [-0.15, -0.1) is 0 Å². The number of hydrazine groups is 1. The maximum Gasteiger partial charge on any atom is 0.269 e. The van der Waals surface area contributed by atoms with E-state index in [1.54, 1.807) is 24.3 Å². The van der Waals surface area contributed by atoms with E-state index in [4.69, 9.17) is 4.74 Å². The first-order valence-electron chi connectivity index (χ1n) is 9.81. The molecule has 0 aliphatic rings. The standard InChI is InChI=1S/C24H26N2O3/c1-17(2)14-15-29-21-12-10-19(11-13-21)24(28)26-25-23(27)16-20-8-5-7-18-6-3-4-9-22(18)20/h3-13,17H,14-16H2,1-2H3,(H,25,27)(H,26,28). The van der Waals surface area contributed by atoms with E-state index < -0.39 is 0 Å². The third-order valence-corrected chi connectivity index (χ3v) is 4.63. The summed E-state index contributed by atoms with van der Waals surface area (Å²) in [6.07, 6.45) is 1.16. The molecule has 0 fully saturated rings. The van der Waals surface area contributed by atoms with Crippen LogP contribution in [0.2, 0.25) is 0 Å². The lowest BCUT2D eigenvalue weighted by molar-refractivity contribution is -0.121. The van der Waals surface area contributed by atoms with Gasteiger partial charge in [-0.2, -0.15) is 0 Å². The fraction of sp³-hybridized carbons (Fsp3) is 0.250. The molecule has 3 aromatic carbocycles. The molecule has 0 aliphatic carbocycles. The average molecular weight is 390 g/mol. The highest BCUT2D eigenvalue weighted by Crippen LogP contribution is 2.18. The SMILES string of the molecule is CC(C)CCOc1ccc(C(=O)NNC(=O)Cc2cccc3ccccc23)cc1. The number of nitrogens with one attached hydrogen (secondary N) is 2. The van der Waals surface area contributed by atoms with Crippen LogP contribution in [0.5, 0.6) is 5.75 Å². The predicted molar refractivity (Wildman–Crippen MR) is 115 cm³/mol. The summed E-state index contributed by atoms with van der Waals surface area (Å²) in [7, 11) is 0. The van der Waals surface area contributed by atoms with Gasteiger partial charge in [-0.05, 0) is 52.9 Å². The van der Waals surface area contributed by atoms with Gasteiger partial charge in [0.15, 0.2) is 0 Å². The van der Waals surface area contributed by atoms with Crippen LogP contribution in [0.15, 0.2) is 66.7 Å². The molecule has 3 aromatic rings. The third kappa shape index (κ3) is 5.82. The zero-order valence-electron chi connectivity index (χ0n) is 16.8. The van der Waals surface area contributed by atoms with Crippen LogP contribution in [0, 0.1) is 5.92 Å². The number of amides is 2. The molecule has 3 rings (SSSR count). The molecule has 0 heterocycles. The van der Waals surface area contributed by atoms with E-state index in [1.165, 1.54) is 0 Å². The Morgan fingerprint density at radius 3 is 2.38 bits per heavy atom. The van der Waals surface area contributed by atoms with Gasteiger partial charge >= 0.3 is 0 Å². The number of carbonyl (C=O) groups excluding carboxylic acids is 2. The number of benzene rings is 3. The van der Waals surface area contributed by atoms with Crippen molar-refractivity contribution in [2.45, 2.75) is 26.7 Å². The summed E-state index contributed by atoms with van der Waals surface area (Å²) in [6, 6.07) is 20.6. The van der Waals surface area contributed by atoms with E-state index in [9.17, 15) is 9.59 Å². The molecule has 2 N–H and O–H groups in total. The van der Waals surface area contributed by atoms with E-state index in [-0.39, 0.29) is 18.2 Å². The molecule has 5 heteroatoms. The highest BCUT2D eigenvalue weighted by molar-refractivity contribution is 5.96. The molecule has 0 aromatic heterocycles. The third-order valence-electron chi connectivity index (χ3n) is 4.63. The van der Waals surface area contributed by atoms with Crippen molar-refractivity contribution in [3.05, 3.63) is 77.9 Å². The van der Waals surface area contributed by atoms with E-state index >= 15 is 0 Å². The molecule has 0 bridgehead atoms. The molecular weight excluding hydrogens is 364 g/mol. The molecule has 0 radical (unpaired) electrons. The number of hydrogen-bond acceptors (Lipinski definition) is 3. The molecule has 0 unspecified atom stereocenters. The summed E-state index contributed by atoms with van der Waals surface area (Å²) >= 11 is 0. The number of hydrogen-bond donors (Lipinski definition) is 2. The van der Waals surface area contributed by atoms with Crippen LogP contribution in [-0.2, 0) is 11.2 Å². The molecule has 29 heavy (non-hydrogen) atoms. The Morgan fingerprint density at radius 1 is 0.897 bits per heavy atom. The quantitative estimate of drug-likeness (QED) is 0.592. The van der Waals surface area contributed by atoms with Gasteiger partial charge in [-0.3, -0.25) is 20.4 Å². The minimum absolute atomic E-state index is 0.185. The molecule has 5 nitrogen and oxygen atoms in total. The van der Waals surface area contributed by atoms with Crippen molar-refractivity contribution in [3.8, 4) is 5.75 Å². The minimum atomic E-state index is -0.370. The molecule has 0 saturated carbocycles. The van der Waals surface area contributed by atoms with Gasteiger partial charge in [0.25, 0.3) is 5.91 Å². The van der Waals surface area contributed by atoms with Crippen LogP contribution in [0.3, 0.4) is 0 Å². The molecule has 0 atom stereocenters. The largest absolute Gasteiger partial charge is 0.494 e. The predicted octanol–water partition coefficient (Wildman–Crippen LogP) is 4.27. The highest BCUT2D eigenvalue weighted by Gasteiger charge is 2.10. The Morgan fingerprint density at radius 2 is 1.62 bits per heavy atom. The van der Waals surface area contributed by atoms with Gasteiger partial charge in [0.2, 0.25) is 5.91 Å². The molecule has 0 saturated heterocycles. The second-order valence-corrected chi connectivity index (χ2v) is 7.37. The normalized spacial score (nSPS) is 10.7. The Hall–Kier alpha value is -3.34. The fourth-order valence-corrected chi connectivity index (χ4v) is 2.98. The molecular formula is C24H26N2O3. The summed E-state index contributed by atoms with van der Waals surface area (Å²) in [5.41, 5.74) is 6.32. The molecule has 2 amide bonds. The van der Waals surface area contributed by atoms with Gasteiger partial charge < -0.3 is 4.74 Å². The van der Waals surface area contributed by atoms with E-state index in [0.717, 1.165) is 28.5 Å². The summed E-state index contributed by atoms with van der Waals surface area (Å²) < 4.78 is 5.65. The van der Waals surface area contributed by atoms with Crippen LogP contribution < -0.4 is 15.6 Å². The van der Waals surface area contributed by atoms with Gasteiger partial charge in [-0.25, -0.2) is 0 Å². The van der Waals surface area contributed by atoms with Crippen molar-refractivity contribution < 1.29 is 14.3 Å². The lowest BCUT2D eigenvalue weighted by Gasteiger charge is -2.10. The average Bonchev–Trinajstić information content (AvgIpc) is 2.72. The number of ether oxygens (including phenoxy) is 1. The monoisotopic (exact) mass is 390 g/mol. The summed E-state index contributed by atoms with van der Waals surface area (Å²) in [6.45, 7) is 4.93. The summed E-state index contributed by atoms with van der Waals surface area (Å²) in [5.74, 6) is 0.660. The van der Waals surface area contributed by atoms with E-state index in [0.29, 0.717) is 18.1 Å². The van der Waals surface area contributed by atoms with Crippen LogP contribution in [-0.4, -0.2) is 18.4 Å². The molecule has 150 valence electrons. The molecule has 0 spiro atoms. The second-order valence-electron chi connectivity index (χ2n) is 7.37. The smallest absolute Gasteiger partial charge is 0.269 e. The van der Waals surface area contributed by atoms with Crippen LogP contribution >= 0.6 is 0 Å². The van der Waals surface area contributed by atoms with Crippen LogP contribution in [0.1, 0.15) is 36.2 Å². The van der Waals surface area contributed by atoms with Crippen LogP contribution in [0.4, 0.5) is 0 Å². The highest BCUT2D eigenvalue weighted by atomic mass is 16.5. The fourth-order valence-electron chi connectivity index (χ4n) is 2.98. The van der Waals surface area contributed by atoms with Crippen molar-refractivity contribution in [2.24, 2.45) is 5.92 Å². The first kappa shape index (κ1) is 20.4. The van der Waals surface area contributed by atoms with Crippen molar-refractivity contribution in [1.82, 2.24) is 10.9 Å². The zero-order chi connectivity index (χ0) is 20.6. The van der Waals surface area contributed by atoms with Gasteiger partial charge in [-0.1, -0.05) is 56.3 Å². The Labute approximate surface area is 171 Å².